The number of aryl methyl sites for hydroxylation is 1. The van der Waals surface area contributed by atoms with Crippen molar-refractivity contribution in [3.05, 3.63) is 63.9 Å². The summed E-state index contributed by atoms with van der Waals surface area (Å²) in [6.07, 6.45) is 2.95. The van der Waals surface area contributed by atoms with Crippen LogP contribution in [0.4, 0.5) is 0 Å². The molecule has 0 fully saturated rings. The smallest absolute Gasteiger partial charge is 0.266 e. The molecule has 0 aliphatic heterocycles. The molecule has 4 aromatic rings. The van der Waals surface area contributed by atoms with Gasteiger partial charge in [0.2, 0.25) is 0 Å². The highest BCUT2D eigenvalue weighted by molar-refractivity contribution is 6.30. The van der Waals surface area contributed by atoms with Gasteiger partial charge >= 0.3 is 0 Å². The number of halogens is 1. The lowest BCUT2D eigenvalue weighted by atomic mass is 10.2. The summed E-state index contributed by atoms with van der Waals surface area (Å²) in [5.41, 5.74) is 2.02. The van der Waals surface area contributed by atoms with E-state index in [-0.39, 0.29) is 5.56 Å². The summed E-state index contributed by atoms with van der Waals surface area (Å²) < 4.78 is 3.17. The number of hydrogen-bond acceptors (Lipinski definition) is 4. The zero-order valence-corrected chi connectivity index (χ0v) is 12.3. The number of nitrogens with zero attached hydrogens (tertiary/aromatic N) is 5. The molecule has 6 nitrogen and oxygen atoms in total. The Labute approximate surface area is 129 Å². The highest BCUT2D eigenvalue weighted by atomic mass is 35.5. The monoisotopic (exact) mass is 311 g/mol. The van der Waals surface area contributed by atoms with Crippen molar-refractivity contribution in [2.75, 3.05) is 0 Å². The molecule has 0 saturated carbocycles. The Morgan fingerprint density at radius 3 is 2.86 bits per heavy atom. The van der Waals surface area contributed by atoms with E-state index in [1.807, 2.05) is 25.1 Å². The van der Waals surface area contributed by atoms with Gasteiger partial charge in [0.25, 0.3) is 11.3 Å². The molecule has 0 unspecified atom stereocenters. The summed E-state index contributed by atoms with van der Waals surface area (Å²) >= 11 is 6.03. The van der Waals surface area contributed by atoms with E-state index in [1.165, 1.54) is 12.5 Å². The third-order valence-corrected chi connectivity index (χ3v) is 3.78. The van der Waals surface area contributed by atoms with Gasteiger partial charge in [-0.15, -0.1) is 0 Å². The zero-order chi connectivity index (χ0) is 15.3. The van der Waals surface area contributed by atoms with Crippen LogP contribution in [0.3, 0.4) is 0 Å². The van der Waals surface area contributed by atoms with Gasteiger partial charge in [-0.25, -0.2) is 4.98 Å². The summed E-state index contributed by atoms with van der Waals surface area (Å²) in [5.74, 6) is 0.465. The van der Waals surface area contributed by atoms with Crippen molar-refractivity contribution in [1.29, 1.82) is 0 Å². The van der Waals surface area contributed by atoms with Crippen molar-refractivity contribution in [3.8, 4) is 5.69 Å². The van der Waals surface area contributed by atoms with Gasteiger partial charge in [0.1, 0.15) is 6.33 Å². The first-order chi connectivity index (χ1) is 10.6. The normalized spacial score (nSPS) is 11.4. The number of hydrogen-bond donors (Lipinski definition) is 0. The van der Waals surface area contributed by atoms with Crippen LogP contribution in [0.15, 0.2) is 47.7 Å². The van der Waals surface area contributed by atoms with E-state index in [2.05, 4.69) is 15.1 Å². The van der Waals surface area contributed by atoms with Gasteiger partial charge in [-0.3, -0.25) is 9.36 Å². The molecule has 3 heterocycles. The van der Waals surface area contributed by atoms with Crippen molar-refractivity contribution in [2.24, 2.45) is 0 Å². The SMILES string of the molecule is Cc1cc2c(cnc3ncnn32)c(=O)n1-c1cccc(Cl)c1. The fraction of sp³-hybridized carbons (Fsp3) is 0.0667. The average Bonchev–Trinajstić information content (AvgIpc) is 2.96. The molecule has 3 aromatic heterocycles. The molecule has 0 radical (unpaired) electrons. The van der Waals surface area contributed by atoms with Gasteiger partial charge < -0.3 is 0 Å². The maximum Gasteiger partial charge on any atom is 0.266 e. The molecule has 22 heavy (non-hydrogen) atoms. The molecule has 0 bridgehead atoms. The highest BCUT2D eigenvalue weighted by Gasteiger charge is 2.12. The van der Waals surface area contributed by atoms with Crippen LogP contribution in [0, 0.1) is 6.92 Å². The third-order valence-electron chi connectivity index (χ3n) is 3.54. The fourth-order valence-electron chi connectivity index (χ4n) is 2.58. The molecule has 4 rings (SSSR count). The van der Waals surface area contributed by atoms with E-state index >= 15 is 0 Å². The Hall–Kier alpha value is -2.73. The van der Waals surface area contributed by atoms with Crippen molar-refractivity contribution < 1.29 is 0 Å². The van der Waals surface area contributed by atoms with Crippen molar-refractivity contribution >= 4 is 28.3 Å². The number of fused-ring (bicyclic) bond motifs is 3. The minimum absolute atomic E-state index is 0.165. The minimum Gasteiger partial charge on any atom is -0.281 e. The van der Waals surface area contributed by atoms with Crippen LogP contribution in [-0.4, -0.2) is 24.1 Å². The van der Waals surface area contributed by atoms with E-state index < -0.39 is 0 Å². The molecule has 0 N–H and O–H groups in total. The summed E-state index contributed by atoms with van der Waals surface area (Å²) in [7, 11) is 0. The zero-order valence-electron chi connectivity index (χ0n) is 11.6. The summed E-state index contributed by atoms with van der Waals surface area (Å²) in [4.78, 5) is 21.0. The van der Waals surface area contributed by atoms with Gasteiger partial charge in [0.15, 0.2) is 0 Å². The lowest BCUT2D eigenvalue weighted by Gasteiger charge is -2.12. The second kappa shape index (κ2) is 4.64. The Kier molecular flexibility index (Phi) is 2.74. The van der Waals surface area contributed by atoms with Crippen LogP contribution in [0.5, 0.6) is 0 Å². The first-order valence-corrected chi connectivity index (χ1v) is 7.00. The van der Waals surface area contributed by atoms with Gasteiger partial charge in [-0.2, -0.15) is 14.6 Å². The van der Waals surface area contributed by atoms with Gasteiger partial charge in [0, 0.05) is 16.9 Å². The average molecular weight is 312 g/mol. The number of pyridine rings is 1. The maximum atomic E-state index is 12.8. The first kappa shape index (κ1) is 13.0. The van der Waals surface area contributed by atoms with Crippen molar-refractivity contribution in [3.63, 3.8) is 0 Å². The molecule has 0 spiro atoms. The topological polar surface area (TPSA) is 65.1 Å². The minimum atomic E-state index is -0.165. The number of benzene rings is 1. The molecule has 1 aromatic carbocycles. The summed E-state index contributed by atoms with van der Waals surface area (Å²) in [6.45, 7) is 1.87. The van der Waals surface area contributed by atoms with Crippen molar-refractivity contribution in [1.82, 2.24) is 24.1 Å². The molecule has 7 heteroatoms. The van der Waals surface area contributed by atoms with E-state index in [9.17, 15) is 4.79 Å². The Morgan fingerprint density at radius 1 is 1.18 bits per heavy atom. The lowest BCUT2D eigenvalue weighted by Crippen LogP contribution is -2.21. The fourth-order valence-corrected chi connectivity index (χ4v) is 2.76. The first-order valence-electron chi connectivity index (χ1n) is 6.62. The summed E-state index contributed by atoms with van der Waals surface area (Å²) in [5, 5.41) is 5.17. The molecule has 0 amide bonds. The van der Waals surface area contributed by atoms with Crippen LogP contribution in [0.1, 0.15) is 5.69 Å². The quantitative estimate of drug-likeness (QED) is 0.541. The Morgan fingerprint density at radius 2 is 2.05 bits per heavy atom. The van der Waals surface area contributed by atoms with Crippen LogP contribution in [0.2, 0.25) is 5.02 Å². The maximum absolute atomic E-state index is 12.8. The standard InChI is InChI=1S/C15H10ClN5O/c1-9-5-13-12(7-17-15-18-8-19-21(13)15)14(22)20(9)11-4-2-3-10(16)6-11/h2-8H,1H3. The molecular formula is C15H10ClN5O. The molecule has 0 atom stereocenters. The molecule has 0 aliphatic carbocycles. The number of rotatable bonds is 1. The van der Waals surface area contributed by atoms with Gasteiger partial charge in [-0.05, 0) is 31.2 Å². The Balaban J connectivity index is 2.13. The van der Waals surface area contributed by atoms with Crippen LogP contribution in [-0.2, 0) is 0 Å². The predicted octanol–water partition coefficient (Wildman–Crippen LogP) is 2.39. The second-order valence-corrected chi connectivity index (χ2v) is 5.37. The van der Waals surface area contributed by atoms with Gasteiger partial charge in [0.05, 0.1) is 16.6 Å². The van der Waals surface area contributed by atoms with E-state index in [1.54, 1.807) is 21.2 Å². The van der Waals surface area contributed by atoms with Crippen LogP contribution < -0.4 is 5.56 Å². The van der Waals surface area contributed by atoms with Crippen molar-refractivity contribution in [2.45, 2.75) is 6.92 Å². The van der Waals surface area contributed by atoms with Crippen LogP contribution in [0.25, 0.3) is 22.4 Å². The molecule has 0 saturated heterocycles. The third kappa shape index (κ3) is 1.81. The molecular weight excluding hydrogens is 302 g/mol. The lowest BCUT2D eigenvalue weighted by molar-refractivity contribution is 0.926. The Bertz CT molecular complexity index is 1080. The van der Waals surface area contributed by atoms with E-state index in [0.29, 0.717) is 21.7 Å². The largest absolute Gasteiger partial charge is 0.281 e. The highest BCUT2D eigenvalue weighted by Crippen LogP contribution is 2.18. The van der Waals surface area contributed by atoms with E-state index in [4.69, 9.17) is 11.6 Å². The summed E-state index contributed by atoms with van der Waals surface area (Å²) in [6, 6.07) is 9.07. The predicted molar refractivity (Wildman–Crippen MR) is 83.6 cm³/mol. The van der Waals surface area contributed by atoms with Gasteiger partial charge in [-0.1, -0.05) is 17.7 Å². The van der Waals surface area contributed by atoms with E-state index in [0.717, 1.165) is 11.4 Å². The second-order valence-electron chi connectivity index (χ2n) is 4.94. The number of aromatic nitrogens is 5. The molecule has 108 valence electrons. The molecule has 0 aliphatic rings. The van der Waals surface area contributed by atoms with Crippen LogP contribution >= 0.6 is 11.6 Å².